The molecule has 0 fully saturated rings. The summed E-state index contributed by atoms with van der Waals surface area (Å²) in [6.07, 6.45) is 0. The molecule has 0 atom stereocenters. The van der Waals surface area contributed by atoms with Crippen molar-refractivity contribution in [2.45, 2.75) is 13.8 Å². The molecule has 0 aliphatic carbocycles. The van der Waals surface area contributed by atoms with E-state index in [9.17, 15) is 9.59 Å². The first-order valence-corrected chi connectivity index (χ1v) is 8.81. The van der Waals surface area contributed by atoms with Gasteiger partial charge >= 0.3 is 0 Å². The van der Waals surface area contributed by atoms with Gasteiger partial charge in [-0.1, -0.05) is 12.1 Å². The minimum atomic E-state index is -0.402. The number of anilines is 3. The Morgan fingerprint density at radius 2 is 1.75 bits per heavy atom. The first kappa shape index (κ1) is 19.0. The van der Waals surface area contributed by atoms with E-state index >= 15 is 0 Å². The Hall–Kier alpha value is -3.74. The molecule has 142 valence electrons. The van der Waals surface area contributed by atoms with Crippen molar-refractivity contribution in [3.63, 3.8) is 0 Å². The molecule has 0 saturated carbocycles. The summed E-state index contributed by atoms with van der Waals surface area (Å²) in [6, 6.07) is 17.4. The van der Waals surface area contributed by atoms with E-state index in [1.807, 2.05) is 31.2 Å². The third kappa shape index (κ3) is 4.91. The lowest BCUT2D eigenvalue weighted by Gasteiger charge is -2.08. The zero-order chi connectivity index (χ0) is 19.9. The monoisotopic (exact) mass is 376 g/mol. The second-order valence-corrected chi connectivity index (χ2v) is 5.98. The fraction of sp³-hybridized carbons (Fsp3) is 0.143. The molecular weight excluding hydrogens is 356 g/mol. The standard InChI is InChI=1S/C21H20N4O3/c1-3-28-18-9-7-16(8-10-18)22-20-12-11-19(24-25-20)21(27)23-17-6-4-5-15(13-17)14(2)26/h4-13H,3H2,1-2H3,(H,22,25)(H,23,27). The molecule has 2 aromatic carbocycles. The van der Waals surface area contributed by atoms with Crippen molar-refractivity contribution >= 4 is 28.9 Å². The van der Waals surface area contributed by atoms with Gasteiger partial charge in [0, 0.05) is 16.9 Å². The molecule has 2 N–H and O–H groups in total. The number of ketones is 1. The predicted octanol–water partition coefficient (Wildman–Crippen LogP) is 4.07. The second-order valence-electron chi connectivity index (χ2n) is 5.98. The van der Waals surface area contributed by atoms with Crippen molar-refractivity contribution < 1.29 is 14.3 Å². The van der Waals surface area contributed by atoms with Gasteiger partial charge in [-0.25, -0.2) is 0 Å². The maximum Gasteiger partial charge on any atom is 0.276 e. The predicted molar refractivity (Wildman–Crippen MR) is 107 cm³/mol. The normalized spacial score (nSPS) is 10.2. The quantitative estimate of drug-likeness (QED) is 0.604. The van der Waals surface area contributed by atoms with Gasteiger partial charge < -0.3 is 15.4 Å². The Bertz CT molecular complexity index is 970. The summed E-state index contributed by atoms with van der Waals surface area (Å²) in [7, 11) is 0. The lowest BCUT2D eigenvalue weighted by atomic mass is 10.1. The van der Waals surface area contributed by atoms with Gasteiger partial charge in [-0.2, -0.15) is 0 Å². The molecule has 0 saturated heterocycles. The SMILES string of the molecule is CCOc1ccc(Nc2ccc(C(=O)Nc3cccc(C(C)=O)c3)nn2)cc1. The topological polar surface area (TPSA) is 93.2 Å². The fourth-order valence-corrected chi connectivity index (χ4v) is 2.48. The highest BCUT2D eigenvalue weighted by atomic mass is 16.5. The molecule has 3 aromatic rings. The lowest BCUT2D eigenvalue weighted by molar-refractivity contribution is 0.100. The largest absolute Gasteiger partial charge is 0.494 e. The van der Waals surface area contributed by atoms with Crippen LogP contribution in [0.2, 0.25) is 0 Å². The van der Waals surface area contributed by atoms with Crippen LogP contribution in [0.5, 0.6) is 5.75 Å². The van der Waals surface area contributed by atoms with Crippen LogP contribution in [0.3, 0.4) is 0 Å². The van der Waals surface area contributed by atoms with Crippen LogP contribution in [0.15, 0.2) is 60.7 Å². The molecule has 0 unspecified atom stereocenters. The molecule has 1 heterocycles. The van der Waals surface area contributed by atoms with Crippen molar-refractivity contribution in [2.24, 2.45) is 0 Å². The van der Waals surface area contributed by atoms with Crippen molar-refractivity contribution in [2.75, 3.05) is 17.2 Å². The number of Topliss-reactive ketones (excluding diaryl/α,β-unsaturated/α-hetero) is 1. The first-order valence-electron chi connectivity index (χ1n) is 8.81. The number of rotatable bonds is 7. The molecule has 28 heavy (non-hydrogen) atoms. The van der Waals surface area contributed by atoms with E-state index in [-0.39, 0.29) is 11.5 Å². The molecule has 0 spiro atoms. The maximum atomic E-state index is 12.3. The summed E-state index contributed by atoms with van der Waals surface area (Å²) in [5.41, 5.74) is 2.05. The molecule has 0 radical (unpaired) electrons. The minimum Gasteiger partial charge on any atom is -0.494 e. The summed E-state index contributed by atoms with van der Waals surface area (Å²) >= 11 is 0. The molecule has 1 aromatic heterocycles. The van der Waals surface area contributed by atoms with E-state index in [1.54, 1.807) is 36.4 Å². The van der Waals surface area contributed by atoms with Crippen molar-refractivity contribution in [3.8, 4) is 5.75 Å². The van der Waals surface area contributed by atoms with Gasteiger partial charge in [0.05, 0.1) is 6.61 Å². The van der Waals surface area contributed by atoms with Gasteiger partial charge in [0.25, 0.3) is 5.91 Å². The minimum absolute atomic E-state index is 0.0689. The van der Waals surface area contributed by atoms with E-state index in [0.717, 1.165) is 11.4 Å². The number of amides is 1. The van der Waals surface area contributed by atoms with E-state index in [4.69, 9.17) is 4.74 Å². The Morgan fingerprint density at radius 1 is 0.964 bits per heavy atom. The number of benzene rings is 2. The number of aromatic nitrogens is 2. The molecule has 1 amide bonds. The molecule has 7 heteroatoms. The third-order valence-corrected chi connectivity index (χ3v) is 3.86. The Morgan fingerprint density at radius 3 is 2.39 bits per heavy atom. The van der Waals surface area contributed by atoms with Gasteiger partial charge in [-0.15, -0.1) is 10.2 Å². The van der Waals surface area contributed by atoms with Crippen LogP contribution in [0.25, 0.3) is 0 Å². The zero-order valence-corrected chi connectivity index (χ0v) is 15.6. The zero-order valence-electron chi connectivity index (χ0n) is 15.6. The first-order chi connectivity index (χ1) is 13.5. The smallest absolute Gasteiger partial charge is 0.276 e. The summed E-state index contributed by atoms with van der Waals surface area (Å²) < 4.78 is 5.40. The third-order valence-electron chi connectivity index (χ3n) is 3.86. The highest BCUT2D eigenvalue weighted by molar-refractivity contribution is 6.03. The van der Waals surface area contributed by atoms with Crippen LogP contribution in [0.1, 0.15) is 34.7 Å². The van der Waals surface area contributed by atoms with Crippen LogP contribution < -0.4 is 15.4 Å². The molecule has 0 aliphatic heterocycles. The summed E-state index contributed by atoms with van der Waals surface area (Å²) in [4.78, 5) is 23.8. The molecule has 7 nitrogen and oxygen atoms in total. The number of hydrogen-bond acceptors (Lipinski definition) is 6. The average Bonchev–Trinajstić information content (AvgIpc) is 2.70. The van der Waals surface area contributed by atoms with Gasteiger partial charge in [0.1, 0.15) is 5.75 Å². The Labute approximate surface area is 162 Å². The van der Waals surface area contributed by atoms with Crippen LogP contribution in [0, 0.1) is 0 Å². The highest BCUT2D eigenvalue weighted by Crippen LogP contribution is 2.19. The Balaban J connectivity index is 1.64. The highest BCUT2D eigenvalue weighted by Gasteiger charge is 2.10. The number of carbonyl (C=O) groups is 2. The molecule has 0 bridgehead atoms. The van der Waals surface area contributed by atoms with Gasteiger partial charge in [-0.05, 0) is 62.4 Å². The maximum absolute atomic E-state index is 12.3. The number of nitrogens with one attached hydrogen (secondary N) is 2. The fourth-order valence-electron chi connectivity index (χ4n) is 2.48. The van der Waals surface area contributed by atoms with Crippen LogP contribution in [0.4, 0.5) is 17.2 Å². The van der Waals surface area contributed by atoms with Crippen LogP contribution in [-0.2, 0) is 0 Å². The summed E-state index contributed by atoms with van der Waals surface area (Å²) in [5.74, 6) is 0.834. The average molecular weight is 376 g/mol. The number of nitrogens with zero attached hydrogens (tertiary/aromatic N) is 2. The number of hydrogen-bond donors (Lipinski definition) is 2. The van der Waals surface area contributed by atoms with Crippen molar-refractivity contribution in [1.82, 2.24) is 10.2 Å². The molecule has 3 rings (SSSR count). The number of ether oxygens (including phenoxy) is 1. The second kappa shape index (κ2) is 8.77. The van der Waals surface area contributed by atoms with Crippen molar-refractivity contribution in [3.05, 3.63) is 71.9 Å². The number of carbonyl (C=O) groups excluding carboxylic acids is 2. The molecule has 0 aliphatic rings. The van der Waals surface area contributed by atoms with E-state index in [2.05, 4.69) is 20.8 Å². The van der Waals surface area contributed by atoms with E-state index in [1.165, 1.54) is 6.92 Å². The van der Waals surface area contributed by atoms with Gasteiger partial charge in [-0.3, -0.25) is 9.59 Å². The van der Waals surface area contributed by atoms with E-state index in [0.29, 0.717) is 23.7 Å². The van der Waals surface area contributed by atoms with E-state index < -0.39 is 5.91 Å². The summed E-state index contributed by atoms with van der Waals surface area (Å²) in [5, 5.41) is 13.8. The lowest BCUT2D eigenvalue weighted by Crippen LogP contribution is -2.15. The summed E-state index contributed by atoms with van der Waals surface area (Å²) in [6.45, 7) is 4.02. The van der Waals surface area contributed by atoms with Gasteiger partial charge in [0.15, 0.2) is 17.3 Å². The van der Waals surface area contributed by atoms with Crippen LogP contribution >= 0.6 is 0 Å². The molecular formula is C21H20N4O3. The van der Waals surface area contributed by atoms with Crippen LogP contribution in [-0.4, -0.2) is 28.5 Å². The Kier molecular flexibility index (Phi) is 5.96. The van der Waals surface area contributed by atoms with Gasteiger partial charge in [0.2, 0.25) is 0 Å². The van der Waals surface area contributed by atoms with Crippen molar-refractivity contribution in [1.29, 1.82) is 0 Å².